The molecule has 1 saturated heterocycles. The fourth-order valence-corrected chi connectivity index (χ4v) is 4.48. The Morgan fingerprint density at radius 2 is 2.09 bits per heavy atom. The number of benzene rings is 1. The molecule has 128 valence electrons. The van der Waals surface area contributed by atoms with Crippen molar-refractivity contribution < 1.29 is 31.8 Å². The van der Waals surface area contributed by atoms with Crippen molar-refractivity contribution in [1.29, 1.82) is 0 Å². The second kappa shape index (κ2) is 6.98. The molecular weight excluding hydrogens is 356 g/mol. The van der Waals surface area contributed by atoms with Crippen LogP contribution in [0.2, 0.25) is 5.02 Å². The van der Waals surface area contributed by atoms with Crippen molar-refractivity contribution in [3.8, 4) is 5.75 Å². The summed E-state index contributed by atoms with van der Waals surface area (Å²) < 4.78 is 55.5. The number of ether oxygens (including phenoxy) is 1. The van der Waals surface area contributed by atoms with Crippen LogP contribution in [0, 0.1) is 0 Å². The summed E-state index contributed by atoms with van der Waals surface area (Å²) in [7, 11) is -4.35. The number of hydrogen-bond donors (Lipinski definition) is 1. The van der Waals surface area contributed by atoms with Gasteiger partial charge in [0.2, 0.25) is 10.0 Å². The fourth-order valence-electron chi connectivity index (χ4n) is 2.44. The van der Waals surface area contributed by atoms with Gasteiger partial charge in [-0.05, 0) is 37.5 Å². The molecule has 0 aliphatic carbocycles. The number of carbonyl (C=O) groups is 1. The van der Waals surface area contributed by atoms with Crippen LogP contribution in [0.4, 0.5) is 8.78 Å². The van der Waals surface area contributed by atoms with Crippen molar-refractivity contribution in [1.82, 2.24) is 4.31 Å². The summed E-state index contributed by atoms with van der Waals surface area (Å²) in [6.07, 6.45) is 1.20. The average molecular weight is 370 g/mol. The minimum absolute atomic E-state index is 0.00840. The van der Waals surface area contributed by atoms with Crippen LogP contribution in [0.1, 0.15) is 19.3 Å². The molecule has 1 unspecified atom stereocenters. The number of halogens is 3. The number of piperidine rings is 1. The highest BCUT2D eigenvalue weighted by atomic mass is 35.5. The molecule has 1 aromatic carbocycles. The second-order valence-electron chi connectivity index (χ2n) is 4.94. The minimum Gasteiger partial charge on any atom is -0.480 e. The van der Waals surface area contributed by atoms with Gasteiger partial charge in [-0.15, -0.1) is 0 Å². The van der Waals surface area contributed by atoms with E-state index >= 15 is 0 Å². The minimum atomic E-state index is -4.35. The summed E-state index contributed by atoms with van der Waals surface area (Å²) >= 11 is 5.75. The number of rotatable bonds is 5. The Morgan fingerprint density at radius 1 is 1.39 bits per heavy atom. The zero-order valence-electron chi connectivity index (χ0n) is 11.8. The second-order valence-corrected chi connectivity index (χ2v) is 7.23. The third-order valence-corrected chi connectivity index (χ3v) is 5.61. The zero-order valence-corrected chi connectivity index (χ0v) is 13.4. The number of carboxylic acid groups (broad SMARTS) is 1. The molecule has 0 aromatic heterocycles. The van der Waals surface area contributed by atoms with Gasteiger partial charge < -0.3 is 9.84 Å². The summed E-state index contributed by atoms with van der Waals surface area (Å²) in [5.41, 5.74) is 0. The van der Waals surface area contributed by atoms with Gasteiger partial charge in [-0.25, -0.2) is 8.42 Å². The monoisotopic (exact) mass is 369 g/mol. The van der Waals surface area contributed by atoms with Crippen molar-refractivity contribution in [3.05, 3.63) is 23.2 Å². The Labute approximate surface area is 136 Å². The van der Waals surface area contributed by atoms with Gasteiger partial charge in [-0.3, -0.25) is 4.79 Å². The summed E-state index contributed by atoms with van der Waals surface area (Å²) in [5.74, 6) is -1.86. The van der Waals surface area contributed by atoms with Gasteiger partial charge in [0.25, 0.3) is 0 Å². The van der Waals surface area contributed by atoms with Gasteiger partial charge in [0.05, 0.1) is 0 Å². The Bertz CT molecular complexity index is 698. The highest BCUT2D eigenvalue weighted by Crippen LogP contribution is 2.33. The van der Waals surface area contributed by atoms with E-state index in [0.29, 0.717) is 12.8 Å². The molecule has 1 atom stereocenters. The average Bonchev–Trinajstić information content (AvgIpc) is 2.48. The predicted molar refractivity (Wildman–Crippen MR) is 77.3 cm³/mol. The van der Waals surface area contributed by atoms with Crippen LogP contribution >= 0.6 is 11.6 Å². The molecular formula is C13H14ClF2NO5S. The van der Waals surface area contributed by atoms with Crippen LogP contribution in [-0.2, 0) is 14.8 Å². The smallest absolute Gasteiger partial charge is 0.387 e. The van der Waals surface area contributed by atoms with Crippen LogP contribution in [0.3, 0.4) is 0 Å². The molecule has 0 amide bonds. The first-order chi connectivity index (χ1) is 10.7. The van der Waals surface area contributed by atoms with Crippen LogP contribution in [0.25, 0.3) is 0 Å². The summed E-state index contributed by atoms with van der Waals surface area (Å²) in [6, 6.07) is 1.96. The Morgan fingerprint density at radius 3 is 2.70 bits per heavy atom. The van der Waals surface area contributed by atoms with E-state index in [2.05, 4.69) is 4.74 Å². The van der Waals surface area contributed by atoms with Crippen LogP contribution in [0.5, 0.6) is 5.75 Å². The lowest BCUT2D eigenvalue weighted by molar-refractivity contribution is -0.142. The molecule has 1 aliphatic heterocycles. The number of alkyl halides is 2. The summed E-state index contributed by atoms with van der Waals surface area (Å²) in [4.78, 5) is 10.7. The van der Waals surface area contributed by atoms with E-state index in [1.165, 1.54) is 6.07 Å². The first-order valence-electron chi connectivity index (χ1n) is 6.72. The first kappa shape index (κ1) is 17.9. The van der Waals surface area contributed by atoms with Crippen molar-refractivity contribution in [2.75, 3.05) is 6.54 Å². The molecule has 10 heteroatoms. The van der Waals surface area contributed by atoms with Crippen molar-refractivity contribution >= 4 is 27.6 Å². The van der Waals surface area contributed by atoms with Gasteiger partial charge >= 0.3 is 12.6 Å². The molecule has 1 heterocycles. The molecule has 1 aromatic rings. The highest BCUT2D eigenvalue weighted by Gasteiger charge is 2.39. The largest absolute Gasteiger partial charge is 0.480 e. The van der Waals surface area contributed by atoms with Gasteiger partial charge in [0, 0.05) is 11.6 Å². The SMILES string of the molecule is O=C(O)C1CCCCN1S(=O)(=O)c1cc(Cl)ccc1OC(F)F. The first-order valence-corrected chi connectivity index (χ1v) is 8.54. The van der Waals surface area contributed by atoms with E-state index in [1.807, 2.05) is 0 Å². The van der Waals surface area contributed by atoms with Gasteiger partial charge in [0.1, 0.15) is 16.7 Å². The molecule has 1 aliphatic rings. The molecule has 1 N–H and O–H groups in total. The third-order valence-electron chi connectivity index (χ3n) is 3.45. The number of carboxylic acids is 1. The molecule has 23 heavy (non-hydrogen) atoms. The number of sulfonamides is 1. The van der Waals surface area contributed by atoms with Crippen LogP contribution < -0.4 is 4.74 Å². The van der Waals surface area contributed by atoms with Gasteiger partial charge in [0.15, 0.2) is 0 Å². The molecule has 0 saturated carbocycles. The third kappa shape index (κ3) is 3.91. The molecule has 1 fully saturated rings. The Balaban J connectivity index is 2.49. The molecule has 0 radical (unpaired) electrons. The highest BCUT2D eigenvalue weighted by molar-refractivity contribution is 7.89. The van der Waals surface area contributed by atoms with E-state index in [-0.39, 0.29) is 18.0 Å². The predicted octanol–water partition coefficient (Wildman–Crippen LogP) is 2.57. The van der Waals surface area contributed by atoms with E-state index in [1.54, 1.807) is 0 Å². The van der Waals surface area contributed by atoms with Crippen molar-refractivity contribution in [2.24, 2.45) is 0 Å². The quantitative estimate of drug-likeness (QED) is 0.862. The molecule has 6 nitrogen and oxygen atoms in total. The van der Waals surface area contributed by atoms with E-state index in [0.717, 1.165) is 16.4 Å². The lowest BCUT2D eigenvalue weighted by atomic mass is 10.1. The summed E-state index contributed by atoms with van der Waals surface area (Å²) in [6.45, 7) is -3.23. The Kier molecular flexibility index (Phi) is 5.43. The number of hydrogen-bond acceptors (Lipinski definition) is 4. The maximum atomic E-state index is 12.7. The van der Waals surface area contributed by atoms with E-state index in [9.17, 15) is 27.1 Å². The van der Waals surface area contributed by atoms with Crippen molar-refractivity contribution in [3.63, 3.8) is 0 Å². The lowest BCUT2D eigenvalue weighted by Gasteiger charge is -2.32. The van der Waals surface area contributed by atoms with Crippen LogP contribution in [0.15, 0.2) is 23.1 Å². The van der Waals surface area contributed by atoms with E-state index < -0.39 is 39.3 Å². The van der Waals surface area contributed by atoms with Gasteiger partial charge in [-0.2, -0.15) is 13.1 Å². The molecule has 0 spiro atoms. The maximum absolute atomic E-state index is 12.7. The zero-order chi connectivity index (χ0) is 17.2. The molecule has 0 bridgehead atoms. The maximum Gasteiger partial charge on any atom is 0.387 e. The number of aliphatic carboxylic acids is 1. The summed E-state index contributed by atoms with van der Waals surface area (Å²) in [5, 5.41) is 9.21. The van der Waals surface area contributed by atoms with Crippen LogP contribution in [-0.4, -0.2) is 43.0 Å². The Hall–Kier alpha value is -1.45. The fraction of sp³-hybridized carbons (Fsp3) is 0.462. The normalized spacial score (nSPS) is 19.7. The molecule has 2 rings (SSSR count). The van der Waals surface area contributed by atoms with E-state index in [4.69, 9.17) is 11.6 Å². The van der Waals surface area contributed by atoms with Gasteiger partial charge in [-0.1, -0.05) is 11.6 Å². The van der Waals surface area contributed by atoms with Crippen molar-refractivity contribution in [2.45, 2.75) is 36.8 Å². The topological polar surface area (TPSA) is 83.9 Å². The number of nitrogens with zero attached hydrogens (tertiary/aromatic N) is 1. The lowest BCUT2D eigenvalue weighted by Crippen LogP contribution is -2.47. The standard InChI is InChI=1S/C13H14ClF2NO5S/c14-8-4-5-10(22-13(15)16)11(7-8)23(20,21)17-6-2-1-3-9(17)12(18)19/h4-5,7,9,13H,1-3,6H2,(H,18,19).